The highest BCUT2D eigenvalue weighted by atomic mass is 19.1. The van der Waals surface area contributed by atoms with E-state index < -0.39 is 5.97 Å². The standard InChI is InChI=1S/C15H16FN3O3/c1-10-17-14(15(20)22-9-13-3-2-8-21-13)18-19(10)12-6-4-11(16)5-7-12/h4-7,13H,2-3,8-9H2,1H3. The van der Waals surface area contributed by atoms with Crippen molar-refractivity contribution in [3.8, 4) is 5.69 Å². The van der Waals surface area contributed by atoms with Gasteiger partial charge >= 0.3 is 5.97 Å². The van der Waals surface area contributed by atoms with Gasteiger partial charge in [-0.3, -0.25) is 0 Å². The van der Waals surface area contributed by atoms with E-state index >= 15 is 0 Å². The molecule has 6 nitrogen and oxygen atoms in total. The first-order valence-electron chi connectivity index (χ1n) is 7.12. The number of aromatic nitrogens is 3. The summed E-state index contributed by atoms with van der Waals surface area (Å²) in [5, 5.41) is 4.12. The van der Waals surface area contributed by atoms with Gasteiger partial charge in [0.05, 0.1) is 11.8 Å². The molecule has 2 aromatic rings. The van der Waals surface area contributed by atoms with E-state index in [2.05, 4.69) is 10.1 Å². The summed E-state index contributed by atoms with van der Waals surface area (Å²) in [5.74, 6) is -0.410. The van der Waals surface area contributed by atoms with Crippen LogP contribution in [0.25, 0.3) is 5.69 Å². The largest absolute Gasteiger partial charge is 0.457 e. The molecule has 0 bridgehead atoms. The Morgan fingerprint density at radius 2 is 2.23 bits per heavy atom. The van der Waals surface area contributed by atoms with Gasteiger partial charge < -0.3 is 9.47 Å². The van der Waals surface area contributed by atoms with Gasteiger partial charge in [-0.05, 0) is 44.0 Å². The minimum atomic E-state index is -0.584. The first kappa shape index (κ1) is 14.6. The number of carbonyl (C=O) groups excluding carboxylic acids is 1. The lowest BCUT2D eigenvalue weighted by Gasteiger charge is -2.08. The summed E-state index contributed by atoms with van der Waals surface area (Å²) in [7, 11) is 0. The molecule has 3 rings (SSSR count). The van der Waals surface area contributed by atoms with Crippen LogP contribution >= 0.6 is 0 Å². The molecule has 1 aromatic heterocycles. The third kappa shape index (κ3) is 3.14. The molecule has 1 aliphatic heterocycles. The van der Waals surface area contributed by atoms with Crippen molar-refractivity contribution in [2.24, 2.45) is 0 Å². The minimum absolute atomic E-state index is 0.0141. The molecule has 1 aliphatic rings. The Balaban J connectivity index is 1.70. The van der Waals surface area contributed by atoms with Crippen LogP contribution < -0.4 is 0 Å². The Hall–Kier alpha value is -2.28. The van der Waals surface area contributed by atoms with Gasteiger partial charge in [-0.1, -0.05) is 0 Å². The van der Waals surface area contributed by atoms with E-state index in [1.165, 1.54) is 16.8 Å². The summed E-state index contributed by atoms with van der Waals surface area (Å²) in [4.78, 5) is 16.1. The smallest absolute Gasteiger partial charge is 0.378 e. The maximum absolute atomic E-state index is 13.0. The van der Waals surface area contributed by atoms with Crippen molar-refractivity contribution < 1.29 is 18.7 Å². The Kier molecular flexibility index (Phi) is 4.15. The van der Waals surface area contributed by atoms with Crippen molar-refractivity contribution in [1.82, 2.24) is 14.8 Å². The van der Waals surface area contributed by atoms with Gasteiger partial charge in [0.2, 0.25) is 0 Å². The number of nitrogens with zero attached hydrogens (tertiary/aromatic N) is 3. The average Bonchev–Trinajstić information content (AvgIpc) is 3.15. The van der Waals surface area contributed by atoms with Gasteiger partial charge in [-0.15, -0.1) is 5.10 Å². The van der Waals surface area contributed by atoms with Crippen LogP contribution in [0.15, 0.2) is 24.3 Å². The quantitative estimate of drug-likeness (QED) is 0.809. The summed E-state index contributed by atoms with van der Waals surface area (Å²) in [6, 6.07) is 5.79. The van der Waals surface area contributed by atoms with Crippen LogP contribution in [0.3, 0.4) is 0 Å². The van der Waals surface area contributed by atoms with Crippen molar-refractivity contribution in [2.45, 2.75) is 25.9 Å². The lowest BCUT2D eigenvalue weighted by molar-refractivity contribution is 0.0151. The van der Waals surface area contributed by atoms with Crippen LogP contribution in [0.1, 0.15) is 29.3 Å². The maximum atomic E-state index is 13.0. The molecule has 7 heteroatoms. The van der Waals surface area contributed by atoms with Crippen molar-refractivity contribution in [2.75, 3.05) is 13.2 Å². The zero-order chi connectivity index (χ0) is 15.5. The summed E-state index contributed by atoms with van der Waals surface area (Å²) in [6.07, 6.45) is 1.84. The van der Waals surface area contributed by atoms with Gasteiger partial charge in [0.25, 0.3) is 5.82 Å². The van der Waals surface area contributed by atoms with Crippen LogP contribution in [0.4, 0.5) is 4.39 Å². The van der Waals surface area contributed by atoms with E-state index in [0.29, 0.717) is 18.1 Å². The molecule has 1 fully saturated rings. The fourth-order valence-corrected chi connectivity index (χ4v) is 2.31. The minimum Gasteiger partial charge on any atom is -0.457 e. The number of aryl methyl sites for hydroxylation is 1. The molecule has 116 valence electrons. The Morgan fingerprint density at radius 3 is 2.91 bits per heavy atom. The van der Waals surface area contributed by atoms with E-state index in [9.17, 15) is 9.18 Å². The highest BCUT2D eigenvalue weighted by molar-refractivity contribution is 5.85. The number of ether oxygens (including phenoxy) is 2. The predicted molar refractivity (Wildman–Crippen MR) is 75.3 cm³/mol. The van der Waals surface area contributed by atoms with Crippen molar-refractivity contribution >= 4 is 5.97 Å². The summed E-state index contributed by atoms with van der Waals surface area (Å²) in [5.41, 5.74) is 0.629. The van der Waals surface area contributed by atoms with Gasteiger partial charge in [0.1, 0.15) is 18.2 Å². The van der Waals surface area contributed by atoms with E-state index in [1.54, 1.807) is 19.1 Å². The summed E-state index contributed by atoms with van der Waals surface area (Å²) < 4.78 is 25.0. The lowest BCUT2D eigenvalue weighted by Crippen LogP contribution is -2.18. The second kappa shape index (κ2) is 6.23. The summed E-state index contributed by atoms with van der Waals surface area (Å²) in [6.45, 7) is 2.63. The second-order valence-corrected chi connectivity index (χ2v) is 5.10. The van der Waals surface area contributed by atoms with Crippen LogP contribution in [0, 0.1) is 12.7 Å². The molecule has 22 heavy (non-hydrogen) atoms. The maximum Gasteiger partial charge on any atom is 0.378 e. The molecule has 1 atom stereocenters. The number of rotatable bonds is 4. The number of halogens is 1. The number of esters is 1. The van der Waals surface area contributed by atoms with Crippen molar-refractivity contribution in [3.05, 3.63) is 41.7 Å². The Labute approximate surface area is 126 Å². The van der Waals surface area contributed by atoms with Crippen molar-refractivity contribution in [3.63, 3.8) is 0 Å². The van der Waals surface area contributed by atoms with Crippen molar-refractivity contribution in [1.29, 1.82) is 0 Å². The lowest BCUT2D eigenvalue weighted by atomic mass is 10.2. The van der Waals surface area contributed by atoms with Gasteiger partial charge in [0.15, 0.2) is 0 Å². The zero-order valence-corrected chi connectivity index (χ0v) is 12.2. The average molecular weight is 305 g/mol. The monoisotopic (exact) mass is 305 g/mol. The fraction of sp³-hybridized carbons (Fsp3) is 0.400. The zero-order valence-electron chi connectivity index (χ0n) is 12.2. The molecule has 0 amide bonds. The molecule has 0 radical (unpaired) electrons. The molecule has 0 N–H and O–H groups in total. The predicted octanol–water partition coefficient (Wildman–Crippen LogP) is 2.05. The number of benzene rings is 1. The van der Waals surface area contributed by atoms with E-state index in [-0.39, 0.29) is 24.4 Å². The van der Waals surface area contributed by atoms with Crippen LogP contribution in [0.5, 0.6) is 0 Å². The fourth-order valence-electron chi connectivity index (χ4n) is 2.31. The molecular formula is C15H16FN3O3. The molecule has 0 saturated carbocycles. The molecule has 1 aromatic carbocycles. The van der Waals surface area contributed by atoms with E-state index in [1.807, 2.05) is 0 Å². The molecule has 1 unspecified atom stereocenters. The SMILES string of the molecule is Cc1nc(C(=O)OCC2CCCO2)nn1-c1ccc(F)cc1. The molecule has 0 aliphatic carbocycles. The first-order chi connectivity index (χ1) is 10.6. The number of hydrogen-bond donors (Lipinski definition) is 0. The highest BCUT2D eigenvalue weighted by Crippen LogP contribution is 2.14. The third-order valence-corrected chi connectivity index (χ3v) is 3.45. The van der Waals surface area contributed by atoms with Gasteiger partial charge in [-0.2, -0.15) is 0 Å². The highest BCUT2D eigenvalue weighted by Gasteiger charge is 2.21. The first-order valence-corrected chi connectivity index (χ1v) is 7.12. The third-order valence-electron chi connectivity index (χ3n) is 3.45. The molecule has 2 heterocycles. The van der Waals surface area contributed by atoms with Crippen LogP contribution in [0.2, 0.25) is 0 Å². The normalized spacial score (nSPS) is 17.6. The number of carbonyl (C=O) groups is 1. The van der Waals surface area contributed by atoms with Gasteiger partial charge in [0, 0.05) is 6.61 Å². The Morgan fingerprint density at radius 1 is 1.45 bits per heavy atom. The van der Waals surface area contributed by atoms with Crippen LogP contribution in [-0.2, 0) is 9.47 Å². The Bertz CT molecular complexity index is 663. The van der Waals surface area contributed by atoms with Gasteiger partial charge in [-0.25, -0.2) is 18.9 Å². The molecule has 1 saturated heterocycles. The number of hydrogen-bond acceptors (Lipinski definition) is 5. The van der Waals surface area contributed by atoms with E-state index in [4.69, 9.17) is 9.47 Å². The molecular weight excluding hydrogens is 289 g/mol. The summed E-state index contributed by atoms with van der Waals surface area (Å²) >= 11 is 0. The van der Waals surface area contributed by atoms with E-state index in [0.717, 1.165) is 12.8 Å². The van der Waals surface area contributed by atoms with Crippen LogP contribution in [-0.4, -0.2) is 40.1 Å². The topological polar surface area (TPSA) is 66.2 Å². The second-order valence-electron chi connectivity index (χ2n) is 5.10. The molecule has 0 spiro atoms.